The van der Waals surface area contributed by atoms with Crippen molar-refractivity contribution in [2.45, 2.75) is 38.6 Å². The molecule has 0 spiro atoms. The van der Waals surface area contributed by atoms with Crippen LogP contribution in [0, 0.1) is 0 Å². The highest BCUT2D eigenvalue weighted by molar-refractivity contribution is 5.41. The van der Waals surface area contributed by atoms with Crippen LogP contribution in [0.25, 0.3) is 0 Å². The molecule has 20 heavy (non-hydrogen) atoms. The molecule has 0 radical (unpaired) electrons. The third kappa shape index (κ3) is 2.64. The Balaban J connectivity index is 1.87. The van der Waals surface area contributed by atoms with Crippen LogP contribution in [-0.2, 0) is 0 Å². The van der Waals surface area contributed by atoms with Crippen molar-refractivity contribution < 1.29 is 0 Å². The molecule has 104 valence electrons. The Morgan fingerprint density at radius 3 is 2.80 bits per heavy atom. The second-order valence-corrected chi connectivity index (χ2v) is 5.30. The molecule has 0 amide bonds. The number of aromatic nitrogens is 3. The lowest BCUT2D eigenvalue weighted by atomic mass is 10.1. The minimum atomic E-state index is 0.260. The first kappa shape index (κ1) is 13.0. The number of nitrogens with zero attached hydrogens (tertiary/aromatic N) is 4. The SMILES string of the molecule is CCN(c1ccnc(C2CC2)n1)C(C)c1cccnc1. The smallest absolute Gasteiger partial charge is 0.133 e. The lowest BCUT2D eigenvalue weighted by molar-refractivity contribution is 0.672. The zero-order valence-electron chi connectivity index (χ0n) is 12.0. The molecule has 2 heterocycles. The van der Waals surface area contributed by atoms with Gasteiger partial charge in [-0.15, -0.1) is 0 Å². The van der Waals surface area contributed by atoms with Crippen molar-refractivity contribution in [2.75, 3.05) is 11.4 Å². The second kappa shape index (κ2) is 5.57. The van der Waals surface area contributed by atoms with Crippen LogP contribution in [0.4, 0.5) is 5.82 Å². The van der Waals surface area contributed by atoms with Crippen molar-refractivity contribution in [1.82, 2.24) is 15.0 Å². The molecule has 1 unspecified atom stereocenters. The van der Waals surface area contributed by atoms with Crippen LogP contribution in [0.15, 0.2) is 36.8 Å². The number of anilines is 1. The van der Waals surface area contributed by atoms with Gasteiger partial charge in [0.1, 0.15) is 11.6 Å². The minimum Gasteiger partial charge on any atom is -0.350 e. The van der Waals surface area contributed by atoms with E-state index >= 15 is 0 Å². The molecular formula is C16H20N4. The summed E-state index contributed by atoms with van der Waals surface area (Å²) in [6.45, 7) is 5.27. The number of pyridine rings is 1. The molecule has 0 saturated heterocycles. The summed E-state index contributed by atoms with van der Waals surface area (Å²) in [7, 11) is 0. The first-order valence-corrected chi connectivity index (χ1v) is 7.29. The van der Waals surface area contributed by atoms with Gasteiger partial charge in [0, 0.05) is 31.1 Å². The maximum absolute atomic E-state index is 4.75. The highest BCUT2D eigenvalue weighted by Gasteiger charge is 2.27. The Hall–Kier alpha value is -1.97. The number of hydrogen-bond donors (Lipinski definition) is 0. The van der Waals surface area contributed by atoms with E-state index in [0.717, 1.165) is 18.2 Å². The molecule has 4 heteroatoms. The van der Waals surface area contributed by atoms with Crippen LogP contribution in [0.2, 0.25) is 0 Å². The van der Waals surface area contributed by atoms with Gasteiger partial charge in [0.15, 0.2) is 0 Å². The molecule has 0 aliphatic heterocycles. The summed E-state index contributed by atoms with van der Waals surface area (Å²) in [5, 5.41) is 0. The van der Waals surface area contributed by atoms with E-state index in [4.69, 9.17) is 4.98 Å². The van der Waals surface area contributed by atoms with Crippen LogP contribution >= 0.6 is 0 Å². The van der Waals surface area contributed by atoms with E-state index in [1.54, 1.807) is 0 Å². The summed E-state index contributed by atoms with van der Waals surface area (Å²) in [4.78, 5) is 15.7. The van der Waals surface area contributed by atoms with E-state index in [2.05, 4.69) is 34.8 Å². The molecule has 1 aliphatic rings. The third-order valence-electron chi connectivity index (χ3n) is 3.87. The highest BCUT2D eigenvalue weighted by atomic mass is 15.2. The monoisotopic (exact) mass is 268 g/mol. The van der Waals surface area contributed by atoms with Crippen molar-refractivity contribution in [1.29, 1.82) is 0 Å². The van der Waals surface area contributed by atoms with E-state index in [1.165, 1.54) is 18.4 Å². The highest BCUT2D eigenvalue weighted by Crippen LogP contribution is 2.38. The largest absolute Gasteiger partial charge is 0.350 e. The Bertz CT molecular complexity index is 566. The predicted molar refractivity (Wildman–Crippen MR) is 79.7 cm³/mol. The quantitative estimate of drug-likeness (QED) is 0.834. The maximum Gasteiger partial charge on any atom is 0.133 e. The Morgan fingerprint density at radius 2 is 2.15 bits per heavy atom. The van der Waals surface area contributed by atoms with Gasteiger partial charge in [0.2, 0.25) is 0 Å². The normalized spacial score (nSPS) is 15.9. The fraction of sp³-hybridized carbons (Fsp3) is 0.438. The van der Waals surface area contributed by atoms with Gasteiger partial charge in [-0.1, -0.05) is 6.07 Å². The summed E-state index contributed by atoms with van der Waals surface area (Å²) >= 11 is 0. The van der Waals surface area contributed by atoms with Crippen LogP contribution in [0.5, 0.6) is 0 Å². The molecule has 1 saturated carbocycles. The van der Waals surface area contributed by atoms with E-state index in [1.807, 2.05) is 30.7 Å². The topological polar surface area (TPSA) is 41.9 Å². The summed E-state index contributed by atoms with van der Waals surface area (Å²) in [6, 6.07) is 6.36. The minimum absolute atomic E-state index is 0.260. The predicted octanol–water partition coefficient (Wildman–Crippen LogP) is 3.34. The van der Waals surface area contributed by atoms with Crippen molar-refractivity contribution in [3.8, 4) is 0 Å². The van der Waals surface area contributed by atoms with Gasteiger partial charge in [-0.3, -0.25) is 4.98 Å². The van der Waals surface area contributed by atoms with E-state index in [-0.39, 0.29) is 6.04 Å². The lowest BCUT2D eigenvalue weighted by Gasteiger charge is -2.29. The van der Waals surface area contributed by atoms with E-state index < -0.39 is 0 Å². The van der Waals surface area contributed by atoms with Crippen LogP contribution < -0.4 is 4.90 Å². The maximum atomic E-state index is 4.75. The van der Waals surface area contributed by atoms with Gasteiger partial charge in [-0.2, -0.15) is 0 Å². The van der Waals surface area contributed by atoms with Gasteiger partial charge in [-0.25, -0.2) is 9.97 Å². The molecule has 2 aromatic heterocycles. The van der Waals surface area contributed by atoms with Gasteiger partial charge < -0.3 is 4.90 Å². The zero-order valence-corrected chi connectivity index (χ0v) is 12.0. The van der Waals surface area contributed by atoms with Crippen molar-refractivity contribution >= 4 is 5.82 Å². The van der Waals surface area contributed by atoms with Gasteiger partial charge in [0.25, 0.3) is 0 Å². The molecule has 1 aliphatic carbocycles. The Morgan fingerprint density at radius 1 is 1.30 bits per heavy atom. The lowest BCUT2D eigenvalue weighted by Crippen LogP contribution is -2.27. The van der Waals surface area contributed by atoms with Crippen LogP contribution in [-0.4, -0.2) is 21.5 Å². The van der Waals surface area contributed by atoms with Gasteiger partial charge in [0.05, 0.1) is 6.04 Å². The van der Waals surface area contributed by atoms with E-state index in [9.17, 15) is 0 Å². The van der Waals surface area contributed by atoms with Crippen molar-refractivity contribution in [2.24, 2.45) is 0 Å². The molecule has 1 fully saturated rings. The fourth-order valence-corrected chi connectivity index (χ4v) is 2.50. The Labute approximate surface area is 119 Å². The fourth-order valence-electron chi connectivity index (χ4n) is 2.50. The first-order valence-electron chi connectivity index (χ1n) is 7.29. The first-order chi connectivity index (χ1) is 9.79. The molecule has 1 atom stereocenters. The van der Waals surface area contributed by atoms with Crippen LogP contribution in [0.1, 0.15) is 50.0 Å². The molecular weight excluding hydrogens is 248 g/mol. The standard InChI is InChI=1S/C16H20N4/c1-3-20(12(2)14-5-4-9-17-11-14)15-8-10-18-16(19-15)13-6-7-13/h4-5,8-13H,3,6-7H2,1-2H3. The second-order valence-electron chi connectivity index (χ2n) is 5.30. The summed E-state index contributed by atoms with van der Waals surface area (Å²) in [5.74, 6) is 2.60. The zero-order chi connectivity index (χ0) is 13.9. The van der Waals surface area contributed by atoms with Crippen molar-refractivity contribution in [3.63, 3.8) is 0 Å². The molecule has 0 aromatic carbocycles. The molecule has 0 N–H and O–H groups in total. The number of hydrogen-bond acceptors (Lipinski definition) is 4. The summed E-state index contributed by atoms with van der Waals surface area (Å²) in [5.41, 5.74) is 1.21. The summed E-state index contributed by atoms with van der Waals surface area (Å²) < 4.78 is 0. The van der Waals surface area contributed by atoms with Crippen molar-refractivity contribution in [3.05, 3.63) is 48.2 Å². The average molecular weight is 268 g/mol. The van der Waals surface area contributed by atoms with Gasteiger partial charge >= 0.3 is 0 Å². The average Bonchev–Trinajstić information content (AvgIpc) is 3.34. The third-order valence-corrected chi connectivity index (χ3v) is 3.87. The van der Waals surface area contributed by atoms with E-state index in [0.29, 0.717) is 5.92 Å². The Kier molecular flexibility index (Phi) is 3.63. The molecule has 4 nitrogen and oxygen atoms in total. The molecule has 0 bridgehead atoms. The van der Waals surface area contributed by atoms with Gasteiger partial charge in [-0.05, 0) is 44.4 Å². The summed E-state index contributed by atoms with van der Waals surface area (Å²) in [6.07, 6.45) is 8.08. The molecule has 3 rings (SSSR count). The number of rotatable bonds is 5. The molecule has 2 aromatic rings. The van der Waals surface area contributed by atoms with Crippen LogP contribution in [0.3, 0.4) is 0 Å².